The van der Waals surface area contributed by atoms with E-state index < -0.39 is 17.9 Å². The van der Waals surface area contributed by atoms with Crippen LogP contribution < -0.4 is 0 Å². The van der Waals surface area contributed by atoms with E-state index in [-0.39, 0.29) is 0 Å². The lowest BCUT2D eigenvalue weighted by atomic mass is 10.0. The Kier molecular flexibility index (Phi) is 2.83. The Morgan fingerprint density at radius 1 is 1.00 bits per heavy atom. The van der Waals surface area contributed by atoms with Crippen molar-refractivity contribution in [1.29, 1.82) is 0 Å². The molecular weight excluding hydrogens is 196 g/mol. The van der Waals surface area contributed by atoms with Gasteiger partial charge in [-0.3, -0.25) is 0 Å². The van der Waals surface area contributed by atoms with Crippen LogP contribution in [0.5, 0.6) is 0 Å². The third-order valence-electron chi connectivity index (χ3n) is 1.88. The van der Waals surface area contributed by atoms with Crippen molar-refractivity contribution >= 4 is 0 Å². The summed E-state index contributed by atoms with van der Waals surface area (Å²) in [6.07, 6.45) is -3.66. The molecule has 0 aromatic heterocycles. The molecule has 0 unspecified atom stereocenters. The van der Waals surface area contributed by atoms with Crippen molar-refractivity contribution in [2.24, 2.45) is 0 Å². The summed E-state index contributed by atoms with van der Waals surface area (Å²) in [6, 6.07) is 3.82. The van der Waals surface area contributed by atoms with Gasteiger partial charge in [0.05, 0.1) is 0 Å². The first-order valence-corrected chi connectivity index (χ1v) is 4.09. The molecule has 0 N–H and O–H groups in total. The average Bonchev–Trinajstić information content (AvgIpc) is 2.01. The second-order valence-electron chi connectivity index (χ2n) is 3.30. The van der Waals surface area contributed by atoms with Crippen molar-refractivity contribution in [3.05, 3.63) is 34.9 Å². The molecular formula is C10H10F4. The Bertz CT molecular complexity index is 311. The predicted octanol–water partition coefficient (Wildman–Crippen LogP) is 3.66. The van der Waals surface area contributed by atoms with E-state index in [1.165, 1.54) is 0 Å². The van der Waals surface area contributed by atoms with Crippen LogP contribution in [0.25, 0.3) is 0 Å². The zero-order valence-corrected chi connectivity index (χ0v) is 7.82. The highest BCUT2D eigenvalue weighted by Crippen LogP contribution is 2.35. The summed E-state index contributed by atoms with van der Waals surface area (Å²) in [5, 5.41) is 0. The summed E-state index contributed by atoms with van der Waals surface area (Å²) >= 11 is 0. The zero-order valence-electron chi connectivity index (χ0n) is 7.82. The van der Waals surface area contributed by atoms with E-state index in [1.807, 2.05) is 0 Å². The monoisotopic (exact) mass is 206 g/mol. The SMILES string of the molecule is Cc1cc(C)cc(C(F)(F)C(F)F)c1. The number of benzene rings is 1. The molecule has 0 aliphatic rings. The van der Waals surface area contributed by atoms with E-state index in [0.29, 0.717) is 11.1 Å². The lowest BCUT2D eigenvalue weighted by molar-refractivity contribution is -0.135. The van der Waals surface area contributed by atoms with Gasteiger partial charge in [0.25, 0.3) is 0 Å². The van der Waals surface area contributed by atoms with Crippen LogP contribution in [0.2, 0.25) is 0 Å². The first-order valence-electron chi connectivity index (χ1n) is 4.09. The second kappa shape index (κ2) is 3.59. The van der Waals surface area contributed by atoms with E-state index in [1.54, 1.807) is 19.9 Å². The first-order chi connectivity index (χ1) is 6.34. The fourth-order valence-corrected chi connectivity index (χ4v) is 1.29. The predicted molar refractivity (Wildman–Crippen MR) is 45.8 cm³/mol. The van der Waals surface area contributed by atoms with Crippen molar-refractivity contribution in [1.82, 2.24) is 0 Å². The van der Waals surface area contributed by atoms with Crippen molar-refractivity contribution in [2.75, 3.05) is 0 Å². The summed E-state index contributed by atoms with van der Waals surface area (Å²) in [7, 11) is 0. The van der Waals surface area contributed by atoms with Gasteiger partial charge < -0.3 is 0 Å². The van der Waals surface area contributed by atoms with E-state index in [4.69, 9.17) is 0 Å². The normalized spacial score (nSPS) is 12.2. The van der Waals surface area contributed by atoms with E-state index >= 15 is 0 Å². The van der Waals surface area contributed by atoms with Gasteiger partial charge in [-0.05, 0) is 26.0 Å². The van der Waals surface area contributed by atoms with Gasteiger partial charge in [-0.2, -0.15) is 8.78 Å². The van der Waals surface area contributed by atoms with Crippen LogP contribution in [0.15, 0.2) is 18.2 Å². The standard InChI is InChI=1S/C10H10F4/c1-6-3-7(2)5-8(4-6)10(13,14)9(11)12/h3-5,9H,1-2H3. The minimum absolute atomic E-state index is 0.556. The van der Waals surface area contributed by atoms with Crippen LogP contribution in [0.4, 0.5) is 17.6 Å². The fourth-order valence-electron chi connectivity index (χ4n) is 1.29. The molecule has 1 aromatic carbocycles. The molecule has 0 saturated heterocycles. The maximum atomic E-state index is 12.9. The molecule has 0 nitrogen and oxygen atoms in total. The molecule has 1 aromatic rings. The summed E-state index contributed by atoms with van der Waals surface area (Å²) in [4.78, 5) is 0. The number of alkyl halides is 4. The van der Waals surface area contributed by atoms with Crippen molar-refractivity contribution < 1.29 is 17.6 Å². The molecule has 4 heteroatoms. The molecule has 0 amide bonds. The van der Waals surface area contributed by atoms with Gasteiger partial charge in [-0.1, -0.05) is 17.2 Å². The summed E-state index contributed by atoms with van der Waals surface area (Å²) in [5.74, 6) is -4.06. The number of rotatable bonds is 2. The molecule has 0 radical (unpaired) electrons. The van der Waals surface area contributed by atoms with Gasteiger partial charge in [-0.15, -0.1) is 0 Å². The summed E-state index contributed by atoms with van der Waals surface area (Å²) in [6.45, 7) is 3.19. The number of aryl methyl sites for hydroxylation is 2. The smallest absolute Gasteiger partial charge is 0.203 e. The Labute approximate surface area is 79.6 Å². The molecule has 1 rings (SSSR count). The van der Waals surface area contributed by atoms with Crippen molar-refractivity contribution in [2.45, 2.75) is 26.2 Å². The molecule has 0 aliphatic heterocycles. The quantitative estimate of drug-likeness (QED) is 0.648. The summed E-state index contributed by atoms with van der Waals surface area (Å²) < 4.78 is 49.8. The van der Waals surface area contributed by atoms with Gasteiger partial charge in [0, 0.05) is 5.56 Å². The zero-order chi connectivity index (χ0) is 10.9. The molecule has 0 spiro atoms. The fraction of sp³-hybridized carbons (Fsp3) is 0.400. The van der Waals surface area contributed by atoms with Gasteiger partial charge in [-0.25, -0.2) is 8.78 Å². The second-order valence-corrected chi connectivity index (χ2v) is 3.30. The van der Waals surface area contributed by atoms with Gasteiger partial charge in [0.2, 0.25) is 0 Å². The maximum absolute atomic E-state index is 12.9. The van der Waals surface area contributed by atoms with Crippen LogP contribution in [0.3, 0.4) is 0 Å². The third kappa shape index (κ3) is 2.05. The highest BCUT2D eigenvalue weighted by atomic mass is 19.3. The van der Waals surface area contributed by atoms with Gasteiger partial charge in [0.15, 0.2) is 0 Å². The Hall–Kier alpha value is -1.06. The Morgan fingerprint density at radius 3 is 1.79 bits per heavy atom. The molecule has 14 heavy (non-hydrogen) atoms. The Morgan fingerprint density at radius 2 is 1.43 bits per heavy atom. The average molecular weight is 206 g/mol. The number of hydrogen-bond donors (Lipinski definition) is 0. The Balaban J connectivity index is 3.18. The molecule has 0 heterocycles. The largest absolute Gasteiger partial charge is 0.332 e. The minimum atomic E-state index is -4.06. The molecule has 0 saturated carbocycles. The van der Waals surface area contributed by atoms with Gasteiger partial charge >= 0.3 is 12.3 Å². The van der Waals surface area contributed by atoms with Crippen LogP contribution in [-0.4, -0.2) is 6.43 Å². The molecule has 78 valence electrons. The van der Waals surface area contributed by atoms with Crippen LogP contribution in [0, 0.1) is 13.8 Å². The van der Waals surface area contributed by atoms with Crippen molar-refractivity contribution in [3.8, 4) is 0 Å². The molecule has 0 bridgehead atoms. The number of hydrogen-bond acceptors (Lipinski definition) is 0. The minimum Gasteiger partial charge on any atom is -0.203 e. The van der Waals surface area contributed by atoms with E-state index in [9.17, 15) is 17.6 Å². The first kappa shape index (κ1) is 11.0. The van der Waals surface area contributed by atoms with E-state index in [0.717, 1.165) is 12.1 Å². The maximum Gasteiger partial charge on any atom is 0.332 e. The summed E-state index contributed by atoms with van der Waals surface area (Å²) in [5.41, 5.74) is 0.491. The highest BCUT2D eigenvalue weighted by Gasteiger charge is 2.42. The van der Waals surface area contributed by atoms with Crippen molar-refractivity contribution in [3.63, 3.8) is 0 Å². The molecule has 0 atom stereocenters. The topological polar surface area (TPSA) is 0 Å². The lowest BCUT2D eigenvalue weighted by Gasteiger charge is -2.16. The molecule has 0 aliphatic carbocycles. The molecule has 0 fully saturated rings. The lowest BCUT2D eigenvalue weighted by Crippen LogP contribution is -2.23. The number of halogens is 4. The third-order valence-corrected chi connectivity index (χ3v) is 1.88. The van der Waals surface area contributed by atoms with Crippen LogP contribution in [0.1, 0.15) is 16.7 Å². The highest BCUT2D eigenvalue weighted by molar-refractivity contribution is 5.31. The van der Waals surface area contributed by atoms with Crippen LogP contribution in [-0.2, 0) is 5.92 Å². The van der Waals surface area contributed by atoms with E-state index in [2.05, 4.69) is 0 Å². The van der Waals surface area contributed by atoms with Crippen LogP contribution >= 0.6 is 0 Å². The van der Waals surface area contributed by atoms with Gasteiger partial charge in [0.1, 0.15) is 0 Å².